The fraction of sp³-hybridized carbons (Fsp3) is 0.571. The number of carbonyl (C=O) groups excluding carboxylic acids is 1. The fourth-order valence-electron chi connectivity index (χ4n) is 2.50. The monoisotopic (exact) mass is 312 g/mol. The van der Waals surface area contributed by atoms with E-state index in [0.717, 1.165) is 5.56 Å². The van der Waals surface area contributed by atoms with E-state index in [0.29, 0.717) is 0 Å². The molecule has 21 heavy (non-hydrogen) atoms. The van der Waals surface area contributed by atoms with Crippen LogP contribution in [-0.4, -0.2) is 36.4 Å². The number of rotatable bonds is 4. The zero-order valence-electron chi connectivity index (χ0n) is 12.3. The molecule has 3 atom stereocenters. The average molecular weight is 312 g/mol. The van der Waals surface area contributed by atoms with Crippen LogP contribution in [0.3, 0.4) is 0 Å². The van der Waals surface area contributed by atoms with Crippen molar-refractivity contribution in [3.8, 4) is 0 Å². The van der Waals surface area contributed by atoms with Crippen LogP contribution >= 0.6 is 11.3 Å². The van der Waals surface area contributed by atoms with Crippen molar-refractivity contribution < 1.29 is 19.4 Å². The molecule has 116 valence electrons. The highest BCUT2D eigenvalue weighted by Crippen LogP contribution is 2.26. The topological polar surface area (TPSA) is 87.7 Å². The Balaban J connectivity index is 1.92. The van der Waals surface area contributed by atoms with Crippen LogP contribution < -0.4 is 10.6 Å². The van der Waals surface area contributed by atoms with Gasteiger partial charge in [-0.25, -0.2) is 4.79 Å². The number of hydrogen-bond acceptors (Lipinski definition) is 4. The number of thiophene rings is 1. The lowest BCUT2D eigenvalue weighted by Gasteiger charge is -2.19. The Bertz CT molecular complexity index is 543. The van der Waals surface area contributed by atoms with Crippen LogP contribution in [0.4, 0.5) is 4.79 Å². The summed E-state index contributed by atoms with van der Waals surface area (Å²) in [6, 6.07) is 1.08. The smallest absolute Gasteiger partial charge is 0.315 e. The van der Waals surface area contributed by atoms with Gasteiger partial charge in [0.15, 0.2) is 0 Å². The van der Waals surface area contributed by atoms with Gasteiger partial charge in [-0.2, -0.15) is 0 Å². The minimum Gasteiger partial charge on any atom is -0.481 e. The SMILES string of the molecule is Cc1cc(C(C)NC(=O)NC2COCC2C(=O)O)c(C)s1. The Labute approximate surface area is 127 Å². The van der Waals surface area contributed by atoms with Crippen molar-refractivity contribution in [2.45, 2.75) is 32.9 Å². The summed E-state index contributed by atoms with van der Waals surface area (Å²) >= 11 is 1.69. The summed E-state index contributed by atoms with van der Waals surface area (Å²) in [4.78, 5) is 25.4. The molecule has 0 saturated carbocycles. The molecule has 0 aromatic carbocycles. The quantitative estimate of drug-likeness (QED) is 0.791. The Hall–Kier alpha value is -1.60. The largest absolute Gasteiger partial charge is 0.481 e. The Kier molecular flexibility index (Phi) is 4.84. The van der Waals surface area contributed by atoms with Crippen molar-refractivity contribution in [1.29, 1.82) is 0 Å². The zero-order valence-corrected chi connectivity index (χ0v) is 13.1. The number of aliphatic carboxylic acids is 1. The maximum Gasteiger partial charge on any atom is 0.315 e. The minimum atomic E-state index is -0.949. The number of hydrogen-bond donors (Lipinski definition) is 3. The van der Waals surface area contributed by atoms with Crippen molar-refractivity contribution in [2.75, 3.05) is 13.2 Å². The summed E-state index contributed by atoms with van der Waals surface area (Å²) in [7, 11) is 0. The van der Waals surface area contributed by atoms with E-state index in [4.69, 9.17) is 9.84 Å². The normalized spacial score (nSPS) is 22.8. The molecule has 0 radical (unpaired) electrons. The first-order valence-electron chi connectivity index (χ1n) is 6.83. The van der Waals surface area contributed by atoms with E-state index in [9.17, 15) is 9.59 Å². The van der Waals surface area contributed by atoms with Crippen molar-refractivity contribution in [3.63, 3.8) is 0 Å². The van der Waals surface area contributed by atoms with Gasteiger partial charge in [0, 0.05) is 9.75 Å². The average Bonchev–Trinajstić information content (AvgIpc) is 2.95. The van der Waals surface area contributed by atoms with Crippen molar-refractivity contribution in [1.82, 2.24) is 10.6 Å². The summed E-state index contributed by atoms with van der Waals surface area (Å²) in [5, 5.41) is 14.6. The molecule has 2 rings (SSSR count). The van der Waals surface area contributed by atoms with Gasteiger partial charge >= 0.3 is 12.0 Å². The molecular weight excluding hydrogens is 292 g/mol. The van der Waals surface area contributed by atoms with E-state index < -0.39 is 17.9 Å². The standard InChI is InChI=1S/C14H20N2O4S/c1-7-4-10(9(3)21-7)8(2)15-14(19)16-12-6-20-5-11(12)13(17)18/h4,8,11-12H,5-6H2,1-3H3,(H,17,18)(H2,15,16,19). The molecule has 6 nitrogen and oxygen atoms in total. The van der Waals surface area contributed by atoms with Gasteiger partial charge < -0.3 is 20.5 Å². The number of aryl methyl sites for hydroxylation is 2. The molecule has 3 N–H and O–H groups in total. The van der Waals surface area contributed by atoms with Gasteiger partial charge in [-0.15, -0.1) is 11.3 Å². The molecule has 1 aromatic heterocycles. The van der Waals surface area contributed by atoms with Gasteiger partial charge in [-0.1, -0.05) is 0 Å². The third kappa shape index (κ3) is 3.74. The molecule has 0 aliphatic carbocycles. The number of carboxylic acid groups (broad SMARTS) is 1. The van der Waals surface area contributed by atoms with Gasteiger partial charge in [0.25, 0.3) is 0 Å². The molecule has 7 heteroatoms. The number of urea groups is 1. The molecule has 2 amide bonds. The number of carbonyl (C=O) groups is 2. The van der Waals surface area contributed by atoms with Crippen molar-refractivity contribution >= 4 is 23.3 Å². The number of amides is 2. The van der Waals surface area contributed by atoms with Gasteiger partial charge in [0.05, 0.1) is 25.3 Å². The number of nitrogens with one attached hydrogen (secondary N) is 2. The van der Waals surface area contributed by atoms with Crippen LogP contribution in [0.1, 0.15) is 28.3 Å². The fourth-order valence-corrected chi connectivity index (χ4v) is 3.53. The molecule has 1 aromatic rings. The van der Waals surface area contributed by atoms with Gasteiger partial charge in [0.2, 0.25) is 0 Å². The van der Waals surface area contributed by atoms with Crippen LogP contribution in [0.25, 0.3) is 0 Å². The molecule has 0 bridgehead atoms. The van der Waals surface area contributed by atoms with E-state index in [1.165, 1.54) is 9.75 Å². The minimum absolute atomic E-state index is 0.124. The number of carboxylic acids is 1. The van der Waals surface area contributed by atoms with E-state index in [-0.39, 0.29) is 25.3 Å². The third-order valence-electron chi connectivity index (χ3n) is 3.61. The van der Waals surface area contributed by atoms with Crippen LogP contribution in [0, 0.1) is 19.8 Å². The Morgan fingerprint density at radius 2 is 2.14 bits per heavy atom. The van der Waals surface area contributed by atoms with E-state index in [1.54, 1.807) is 11.3 Å². The first kappa shape index (κ1) is 15.8. The molecular formula is C14H20N2O4S. The van der Waals surface area contributed by atoms with E-state index in [2.05, 4.69) is 16.7 Å². The molecule has 1 saturated heterocycles. The summed E-state index contributed by atoms with van der Waals surface area (Å²) in [5.74, 6) is -1.63. The highest BCUT2D eigenvalue weighted by atomic mass is 32.1. The van der Waals surface area contributed by atoms with Crippen LogP contribution in [-0.2, 0) is 9.53 Å². The molecule has 1 aliphatic rings. The maximum absolute atomic E-state index is 12.0. The zero-order chi connectivity index (χ0) is 15.6. The lowest BCUT2D eigenvalue weighted by molar-refractivity contribution is -0.142. The lowest BCUT2D eigenvalue weighted by atomic mass is 10.0. The summed E-state index contributed by atoms with van der Waals surface area (Å²) in [5.41, 5.74) is 1.09. The summed E-state index contributed by atoms with van der Waals surface area (Å²) < 4.78 is 5.12. The van der Waals surface area contributed by atoms with Crippen molar-refractivity contribution in [2.24, 2.45) is 5.92 Å². The summed E-state index contributed by atoms with van der Waals surface area (Å²) in [6.07, 6.45) is 0. The lowest BCUT2D eigenvalue weighted by Crippen LogP contribution is -2.47. The summed E-state index contributed by atoms with van der Waals surface area (Å²) in [6.45, 7) is 6.33. The first-order chi connectivity index (χ1) is 9.88. The van der Waals surface area contributed by atoms with Crippen molar-refractivity contribution in [3.05, 3.63) is 21.4 Å². The second-order valence-electron chi connectivity index (χ2n) is 5.30. The van der Waals surface area contributed by atoms with Crippen LogP contribution in [0.15, 0.2) is 6.07 Å². The molecule has 3 unspecified atom stereocenters. The third-order valence-corrected chi connectivity index (χ3v) is 4.59. The van der Waals surface area contributed by atoms with Gasteiger partial charge in [0.1, 0.15) is 5.92 Å². The molecule has 1 aliphatic heterocycles. The highest BCUT2D eigenvalue weighted by molar-refractivity contribution is 7.12. The second-order valence-corrected chi connectivity index (χ2v) is 6.76. The molecule has 2 heterocycles. The van der Waals surface area contributed by atoms with Crippen LogP contribution in [0.2, 0.25) is 0 Å². The Morgan fingerprint density at radius 1 is 1.43 bits per heavy atom. The van der Waals surface area contributed by atoms with E-state index in [1.807, 2.05) is 20.8 Å². The predicted molar refractivity (Wildman–Crippen MR) is 79.6 cm³/mol. The van der Waals surface area contributed by atoms with Gasteiger partial charge in [-0.05, 0) is 32.4 Å². The predicted octanol–water partition coefficient (Wildman–Crippen LogP) is 1.82. The highest BCUT2D eigenvalue weighted by Gasteiger charge is 2.35. The molecule has 1 fully saturated rings. The maximum atomic E-state index is 12.0. The molecule has 0 spiro atoms. The Morgan fingerprint density at radius 3 is 2.71 bits per heavy atom. The number of ether oxygens (including phenoxy) is 1. The van der Waals surface area contributed by atoms with Gasteiger partial charge in [-0.3, -0.25) is 4.79 Å². The van der Waals surface area contributed by atoms with Crippen LogP contribution in [0.5, 0.6) is 0 Å². The second kappa shape index (κ2) is 6.44. The van der Waals surface area contributed by atoms with E-state index >= 15 is 0 Å². The first-order valence-corrected chi connectivity index (χ1v) is 7.64.